The van der Waals surface area contributed by atoms with Crippen molar-refractivity contribution < 1.29 is 14.4 Å². The van der Waals surface area contributed by atoms with Crippen molar-refractivity contribution in [3.05, 3.63) is 125 Å². The first kappa shape index (κ1) is 17.9. The van der Waals surface area contributed by atoms with E-state index in [4.69, 9.17) is 4.84 Å². The predicted octanol–water partition coefficient (Wildman–Crippen LogP) is 5.59. The Labute approximate surface area is 173 Å². The predicted molar refractivity (Wildman–Crippen MR) is 115 cm³/mol. The lowest BCUT2D eigenvalue weighted by atomic mass is 9.83. The molecule has 0 atom stereocenters. The van der Waals surface area contributed by atoms with Crippen molar-refractivity contribution in [2.75, 3.05) is 5.06 Å². The molecule has 0 aliphatic heterocycles. The summed E-state index contributed by atoms with van der Waals surface area (Å²) >= 11 is 0. The summed E-state index contributed by atoms with van der Waals surface area (Å²) in [7, 11) is 0. The standard InChI is InChI=1S/C26H17NO3/c28-25-20-14-7-8-15-21(20)26(29)24-22(25)16-9-17-23(24)27(18-10-3-1-4-11-18)30-19-12-5-2-6-13-19/h1-17H. The zero-order valence-electron chi connectivity index (χ0n) is 16.0. The SMILES string of the molecule is O=C1c2ccccc2C(=O)c2c1cccc2N(Oc1ccccc1)c1ccccc1. The minimum Gasteiger partial charge on any atom is -0.375 e. The van der Waals surface area contributed by atoms with Crippen molar-refractivity contribution in [1.29, 1.82) is 0 Å². The molecule has 0 aromatic heterocycles. The molecule has 4 aromatic carbocycles. The maximum absolute atomic E-state index is 13.4. The van der Waals surface area contributed by atoms with Crippen molar-refractivity contribution in [2.24, 2.45) is 0 Å². The van der Waals surface area contributed by atoms with E-state index in [-0.39, 0.29) is 11.6 Å². The summed E-state index contributed by atoms with van der Waals surface area (Å²) < 4.78 is 0. The molecule has 0 fully saturated rings. The van der Waals surface area contributed by atoms with Gasteiger partial charge in [0.25, 0.3) is 0 Å². The van der Waals surface area contributed by atoms with Gasteiger partial charge in [0.2, 0.25) is 0 Å². The molecule has 4 heteroatoms. The summed E-state index contributed by atoms with van der Waals surface area (Å²) in [4.78, 5) is 32.7. The number of nitrogens with zero attached hydrogens (tertiary/aromatic N) is 1. The number of hydrogen-bond acceptors (Lipinski definition) is 4. The van der Waals surface area contributed by atoms with Crippen LogP contribution < -0.4 is 9.90 Å². The Hall–Kier alpha value is -4.18. The van der Waals surface area contributed by atoms with Gasteiger partial charge in [-0.05, 0) is 30.3 Å². The van der Waals surface area contributed by atoms with Crippen LogP contribution in [0.5, 0.6) is 5.75 Å². The molecule has 5 rings (SSSR count). The monoisotopic (exact) mass is 391 g/mol. The number of carbonyl (C=O) groups is 2. The van der Waals surface area contributed by atoms with Gasteiger partial charge in [0.15, 0.2) is 17.3 Å². The van der Waals surface area contributed by atoms with Crippen LogP contribution in [-0.4, -0.2) is 11.6 Å². The molecular formula is C26H17NO3. The zero-order chi connectivity index (χ0) is 20.5. The maximum atomic E-state index is 13.4. The molecule has 4 nitrogen and oxygen atoms in total. The van der Waals surface area contributed by atoms with Crippen LogP contribution in [0.2, 0.25) is 0 Å². The smallest absolute Gasteiger partial charge is 0.196 e. The first-order valence-electron chi connectivity index (χ1n) is 9.63. The number of anilines is 2. The van der Waals surface area contributed by atoms with Crippen LogP contribution in [0.15, 0.2) is 103 Å². The largest absolute Gasteiger partial charge is 0.375 e. The molecule has 1 aliphatic rings. The highest BCUT2D eigenvalue weighted by atomic mass is 16.7. The van der Waals surface area contributed by atoms with Crippen LogP contribution in [0.25, 0.3) is 0 Å². The molecule has 1 aliphatic carbocycles. The van der Waals surface area contributed by atoms with Gasteiger partial charge in [0.1, 0.15) is 0 Å². The van der Waals surface area contributed by atoms with E-state index in [1.807, 2.05) is 60.7 Å². The molecule has 30 heavy (non-hydrogen) atoms. The van der Waals surface area contributed by atoms with Gasteiger partial charge in [-0.3, -0.25) is 9.59 Å². The Morgan fingerprint density at radius 1 is 0.533 bits per heavy atom. The van der Waals surface area contributed by atoms with E-state index in [9.17, 15) is 9.59 Å². The minimum absolute atomic E-state index is 0.158. The second-order valence-corrected chi connectivity index (χ2v) is 6.94. The molecule has 0 bridgehead atoms. The third kappa shape index (κ3) is 2.95. The van der Waals surface area contributed by atoms with Gasteiger partial charge in [-0.25, -0.2) is 0 Å². The average Bonchev–Trinajstić information content (AvgIpc) is 2.82. The van der Waals surface area contributed by atoms with Crippen molar-refractivity contribution in [1.82, 2.24) is 0 Å². The van der Waals surface area contributed by atoms with Crippen LogP contribution in [0.4, 0.5) is 11.4 Å². The Balaban J connectivity index is 1.70. The maximum Gasteiger partial charge on any atom is 0.196 e. The Morgan fingerprint density at radius 3 is 1.80 bits per heavy atom. The molecule has 144 valence electrons. The lowest BCUT2D eigenvalue weighted by Crippen LogP contribution is -2.28. The lowest BCUT2D eigenvalue weighted by molar-refractivity contribution is 0.0979. The molecule has 0 unspecified atom stereocenters. The van der Waals surface area contributed by atoms with Crippen molar-refractivity contribution in [3.8, 4) is 5.75 Å². The van der Waals surface area contributed by atoms with E-state index >= 15 is 0 Å². The van der Waals surface area contributed by atoms with Gasteiger partial charge < -0.3 is 4.84 Å². The topological polar surface area (TPSA) is 46.6 Å². The molecule has 4 aromatic rings. The Bertz CT molecular complexity index is 1250. The number of para-hydroxylation sites is 2. The van der Waals surface area contributed by atoms with Crippen molar-refractivity contribution in [3.63, 3.8) is 0 Å². The fourth-order valence-corrected chi connectivity index (χ4v) is 3.69. The Morgan fingerprint density at radius 2 is 1.10 bits per heavy atom. The van der Waals surface area contributed by atoms with E-state index < -0.39 is 0 Å². The van der Waals surface area contributed by atoms with E-state index in [0.717, 1.165) is 5.69 Å². The van der Waals surface area contributed by atoms with E-state index in [0.29, 0.717) is 33.7 Å². The van der Waals surface area contributed by atoms with Gasteiger partial charge in [-0.2, -0.15) is 5.06 Å². The first-order valence-corrected chi connectivity index (χ1v) is 9.63. The first-order chi connectivity index (χ1) is 14.7. The highest BCUT2D eigenvalue weighted by Crippen LogP contribution is 2.37. The summed E-state index contributed by atoms with van der Waals surface area (Å²) in [6, 6.07) is 31.0. The summed E-state index contributed by atoms with van der Waals surface area (Å²) in [5, 5.41) is 1.60. The summed E-state index contributed by atoms with van der Waals surface area (Å²) in [6.07, 6.45) is 0. The normalized spacial score (nSPS) is 12.1. The minimum atomic E-state index is -0.187. The van der Waals surface area contributed by atoms with Gasteiger partial charge in [-0.15, -0.1) is 0 Å². The van der Waals surface area contributed by atoms with Crippen molar-refractivity contribution in [2.45, 2.75) is 0 Å². The highest BCUT2D eigenvalue weighted by Gasteiger charge is 2.33. The highest BCUT2D eigenvalue weighted by molar-refractivity contribution is 6.30. The number of hydrogen-bond donors (Lipinski definition) is 0. The van der Waals surface area contributed by atoms with E-state index in [1.165, 1.54) is 0 Å². The Kier molecular flexibility index (Phi) is 4.37. The molecule has 0 saturated carbocycles. The van der Waals surface area contributed by atoms with Crippen LogP contribution >= 0.6 is 0 Å². The van der Waals surface area contributed by atoms with Gasteiger partial charge in [0, 0.05) is 16.7 Å². The van der Waals surface area contributed by atoms with E-state index in [1.54, 1.807) is 47.5 Å². The second-order valence-electron chi connectivity index (χ2n) is 6.94. The van der Waals surface area contributed by atoms with Crippen molar-refractivity contribution >= 4 is 22.9 Å². The lowest BCUT2D eigenvalue weighted by Gasteiger charge is -2.28. The van der Waals surface area contributed by atoms with Crippen LogP contribution in [-0.2, 0) is 0 Å². The fraction of sp³-hybridized carbons (Fsp3) is 0. The quantitative estimate of drug-likeness (QED) is 0.375. The number of benzene rings is 4. The molecular weight excluding hydrogens is 374 g/mol. The molecule has 0 spiro atoms. The zero-order valence-corrected chi connectivity index (χ0v) is 16.0. The average molecular weight is 391 g/mol. The van der Waals surface area contributed by atoms with Gasteiger partial charge in [-0.1, -0.05) is 72.8 Å². The molecule has 0 saturated heterocycles. The summed E-state index contributed by atoms with van der Waals surface area (Å²) in [6.45, 7) is 0. The van der Waals surface area contributed by atoms with E-state index in [2.05, 4.69) is 0 Å². The number of ketones is 2. The summed E-state index contributed by atoms with van der Waals surface area (Å²) in [5.41, 5.74) is 2.84. The molecule has 0 radical (unpaired) electrons. The number of rotatable bonds is 4. The number of fused-ring (bicyclic) bond motifs is 2. The van der Waals surface area contributed by atoms with Crippen LogP contribution in [0, 0.1) is 0 Å². The molecule has 0 heterocycles. The second kappa shape index (κ2) is 7.33. The van der Waals surface area contributed by atoms with Crippen LogP contribution in [0.3, 0.4) is 0 Å². The number of carbonyl (C=O) groups excluding carboxylic acids is 2. The van der Waals surface area contributed by atoms with Gasteiger partial charge in [0.05, 0.1) is 16.9 Å². The van der Waals surface area contributed by atoms with Gasteiger partial charge >= 0.3 is 0 Å². The molecule has 0 N–H and O–H groups in total. The fourth-order valence-electron chi connectivity index (χ4n) is 3.69. The third-order valence-electron chi connectivity index (χ3n) is 5.08. The summed E-state index contributed by atoms with van der Waals surface area (Å²) in [5.74, 6) is 0.275. The molecule has 0 amide bonds. The van der Waals surface area contributed by atoms with Crippen LogP contribution in [0.1, 0.15) is 31.8 Å². The third-order valence-corrected chi connectivity index (χ3v) is 5.08.